The molecule has 1 saturated heterocycles. The molecule has 1 aliphatic heterocycles. The van der Waals surface area contributed by atoms with Gasteiger partial charge in [-0.05, 0) is 6.42 Å². The summed E-state index contributed by atoms with van der Waals surface area (Å²) < 4.78 is 5.54. The SMILES string of the molecule is CCCCCCCCCCCCCCCCCC1OC(CO)C(O)C(O)C1O. The molecule has 168 valence electrons. The van der Waals surface area contributed by atoms with Gasteiger partial charge in [-0.3, -0.25) is 0 Å². The van der Waals surface area contributed by atoms with Crippen LogP contribution in [0.5, 0.6) is 0 Å². The standard InChI is InChI=1S/C23H46O5/c1-2-3-4-5-6-7-8-9-10-11-12-13-14-15-16-17-19-21(25)23(27)22(26)20(18-24)28-19/h19-27H,2-18H2,1H3. The summed E-state index contributed by atoms with van der Waals surface area (Å²) in [5.74, 6) is 0. The Morgan fingerprint density at radius 2 is 0.929 bits per heavy atom. The first-order chi connectivity index (χ1) is 13.6. The highest BCUT2D eigenvalue weighted by molar-refractivity contribution is 4.91. The molecule has 5 unspecified atom stereocenters. The van der Waals surface area contributed by atoms with E-state index in [1.165, 1.54) is 83.5 Å². The van der Waals surface area contributed by atoms with Gasteiger partial charge in [-0.15, -0.1) is 0 Å². The van der Waals surface area contributed by atoms with E-state index in [4.69, 9.17) is 4.74 Å². The fourth-order valence-electron chi connectivity index (χ4n) is 4.13. The molecule has 0 amide bonds. The first-order valence-corrected chi connectivity index (χ1v) is 11.9. The van der Waals surface area contributed by atoms with Gasteiger partial charge in [0, 0.05) is 0 Å². The molecule has 1 rings (SSSR count). The third-order valence-electron chi connectivity index (χ3n) is 6.08. The van der Waals surface area contributed by atoms with E-state index >= 15 is 0 Å². The maximum atomic E-state index is 10.0. The summed E-state index contributed by atoms with van der Waals surface area (Å²) in [7, 11) is 0. The first-order valence-electron chi connectivity index (χ1n) is 11.9. The summed E-state index contributed by atoms with van der Waals surface area (Å²) in [6, 6.07) is 0. The number of ether oxygens (including phenoxy) is 1. The molecule has 1 aliphatic rings. The lowest BCUT2D eigenvalue weighted by molar-refractivity contribution is -0.230. The zero-order valence-electron chi connectivity index (χ0n) is 18.1. The maximum Gasteiger partial charge on any atom is 0.111 e. The molecule has 0 saturated carbocycles. The lowest BCUT2D eigenvalue weighted by Crippen LogP contribution is -2.58. The van der Waals surface area contributed by atoms with Crippen LogP contribution in [0.3, 0.4) is 0 Å². The minimum atomic E-state index is -1.24. The Bertz CT molecular complexity index is 350. The first kappa shape index (κ1) is 25.8. The molecular weight excluding hydrogens is 356 g/mol. The molecule has 5 atom stereocenters. The van der Waals surface area contributed by atoms with E-state index in [1.807, 2.05) is 0 Å². The molecule has 1 heterocycles. The van der Waals surface area contributed by atoms with Crippen LogP contribution in [0.25, 0.3) is 0 Å². The number of hydrogen-bond acceptors (Lipinski definition) is 5. The Labute approximate surface area is 172 Å². The lowest BCUT2D eigenvalue weighted by atomic mass is 9.92. The summed E-state index contributed by atoms with van der Waals surface area (Å²) in [5, 5.41) is 38.8. The molecule has 0 radical (unpaired) electrons. The van der Waals surface area contributed by atoms with Crippen molar-refractivity contribution in [3.8, 4) is 0 Å². The van der Waals surface area contributed by atoms with Gasteiger partial charge in [0.15, 0.2) is 0 Å². The molecule has 0 spiro atoms. The number of unbranched alkanes of at least 4 members (excludes halogenated alkanes) is 14. The van der Waals surface area contributed by atoms with Gasteiger partial charge < -0.3 is 25.2 Å². The molecule has 0 bridgehead atoms. The second-order valence-corrected chi connectivity index (χ2v) is 8.61. The minimum absolute atomic E-state index is 0.347. The molecule has 4 N–H and O–H groups in total. The second-order valence-electron chi connectivity index (χ2n) is 8.61. The smallest absolute Gasteiger partial charge is 0.111 e. The molecule has 0 aromatic heterocycles. The Morgan fingerprint density at radius 1 is 0.536 bits per heavy atom. The molecular formula is C23H46O5. The van der Waals surface area contributed by atoms with Crippen LogP contribution in [0.1, 0.15) is 110 Å². The van der Waals surface area contributed by atoms with Gasteiger partial charge >= 0.3 is 0 Å². The van der Waals surface area contributed by atoms with Crippen LogP contribution in [-0.4, -0.2) is 57.6 Å². The Hall–Kier alpha value is -0.200. The molecule has 0 aromatic rings. The van der Waals surface area contributed by atoms with E-state index in [1.54, 1.807) is 0 Å². The van der Waals surface area contributed by atoms with Gasteiger partial charge in [0.2, 0.25) is 0 Å². The minimum Gasteiger partial charge on any atom is -0.394 e. The van der Waals surface area contributed by atoms with Crippen molar-refractivity contribution in [2.45, 2.75) is 140 Å². The third-order valence-corrected chi connectivity index (χ3v) is 6.08. The fraction of sp³-hybridized carbons (Fsp3) is 1.00. The monoisotopic (exact) mass is 402 g/mol. The van der Waals surface area contributed by atoms with Gasteiger partial charge in [0.1, 0.15) is 24.4 Å². The average molecular weight is 403 g/mol. The Kier molecular flexibility index (Phi) is 15.3. The largest absolute Gasteiger partial charge is 0.394 e. The summed E-state index contributed by atoms with van der Waals surface area (Å²) in [6.07, 6.45) is 15.4. The van der Waals surface area contributed by atoms with Gasteiger partial charge in [0.05, 0.1) is 12.7 Å². The third kappa shape index (κ3) is 10.5. The van der Waals surface area contributed by atoms with Crippen molar-refractivity contribution in [3.63, 3.8) is 0 Å². The summed E-state index contributed by atoms with van der Waals surface area (Å²) in [6.45, 7) is 1.92. The zero-order chi connectivity index (χ0) is 20.6. The summed E-state index contributed by atoms with van der Waals surface area (Å²) in [5.41, 5.74) is 0. The highest BCUT2D eigenvalue weighted by atomic mass is 16.5. The van der Waals surface area contributed by atoms with Gasteiger partial charge in [0.25, 0.3) is 0 Å². The summed E-state index contributed by atoms with van der Waals surface area (Å²) >= 11 is 0. The van der Waals surface area contributed by atoms with Crippen molar-refractivity contribution in [1.82, 2.24) is 0 Å². The normalized spacial score (nSPS) is 28.0. The van der Waals surface area contributed by atoms with Crippen molar-refractivity contribution in [1.29, 1.82) is 0 Å². The topological polar surface area (TPSA) is 90.2 Å². The van der Waals surface area contributed by atoms with E-state index in [0.717, 1.165) is 12.8 Å². The summed E-state index contributed by atoms with van der Waals surface area (Å²) in [4.78, 5) is 0. The number of aliphatic hydroxyl groups is 4. The van der Waals surface area contributed by atoms with Crippen molar-refractivity contribution in [2.75, 3.05) is 6.61 Å². The highest BCUT2D eigenvalue weighted by Crippen LogP contribution is 2.25. The van der Waals surface area contributed by atoms with Crippen molar-refractivity contribution in [3.05, 3.63) is 0 Å². The molecule has 28 heavy (non-hydrogen) atoms. The van der Waals surface area contributed by atoms with E-state index in [0.29, 0.717) is 6.42 Å². The van der Waals surface area contributed by atoms with Gasteiger partial charge in [-0.25, -0.2) is 0 Å². The molecule has 5 heteroatoms. The lowest BCUT2D eigenvalue weighted by Gasteiger charge is -2.40. The van der Waals surface area contributed by atoms with Crippen LogP contribution in [0.4, 0.5) is 0 Å². The fourth-order valence-corrected chi connectivity index (χ4v) is 4.13. The van der Waals surface area contributed by atoms with Crippen LogP contribution >= 0.6 is 0 Å². The van der Waals surface area contributed by atoms with Crippen LogP contribution in [0, 0.1) is 0 Å². The van der Waals surface area contributed by atoms with E-state index in [9.17, 15) is 20.4 Å². The van der Waals surface area contributed by atoms with Crippen LogP contribution in [0.15, 0.2) is 0 Å². The number of hydrogen-bond donors (Lipinski definition) is 4. The predicted octanol–water partition coefficient (Wildman–Crippen LogP) is 4.09. The Morgan fingerprint density at radius 3 is 1.36 bits per heavy atom. The maximum absolute atomic E-state index is 10.0. The van der Waals surface area contributed by atoms with E-state index < -0.39 is 30.5 Å². The predicted molar refractivity (Wildman–Crippen MR) is 113 cm³/mol. The van der Waals surface area contributed by atoms with E-state index in [2.05, 4.69) is 6.92 Å². The Balaban J connectivity index is 1.90. The second kappa shape index (κ2) is 16.6. The number of aliphatic hydroxyl groups excluding tert-OH is 4. The van der Waals surface area contributed by atoms with E-state index in [-0.39, 0.29) is 6.61 Å². The number of rotatable bonds is 17. The van der Waals surface area contributed by atoms with Crippen molar-refractivity contribution < 1.29 is 25.2 Å². The zero-order valence-corrected chi connectivity index (χ0v) is 18.1. The van der Waals surface area contributed by atoms with Crippen LogP contribution in [-0.2, 0) is 4.74 Å². The molecule has 5 nitrogen and oxygen atoms in total. The molecule has 0 aromatic carbocycles. The van der Waals surface area contributed by atoms with Crippen LogP contribution in [0.2, 0.25) is 0 Å². The van der Waals surface area contributed by atoms with Gasteiger partial charge in [-0.2, -0.15) is 0 Å². The molecule has 1 fully saturated rings. The quantitative estimate of drug-likeness (QED) is 0.275. The average Bonchev–Trinajstić information content (AvgIpc) is 2.70. The van der Waals surface area contributed by atoms with Crippen molar-refractivity contribution in [2.24, 2.45) is 0 Å². The van der Waals surface area contributed by atoms with Crippen molar-refractivity contribution >= 4 is 0 Å². The van der Waals surface area contributed by atoms with Crippen LogP contribution < -0.4 is 0 Å². The molecule has 0 aliphatic carbocycles. The van der Waals surface area contributed by atoms with Gasteiger partial charge in [-0.1, -0.05) is 103 Å². The highest BCUT2D eigenvalue weighted by Gasteiger charge is 2.42.